The molecule has 0 aromatic rings. The number of nitrogens with one attached hydrogen (secondary N) is 1. The Morgan fingerprint density at radius 2 is 2.06 bits per heavy atom. The lowest BCUT2D eigenvalue weighted by atomic mass is 9.99. The van der Waals surface area contributed by atoms with E-state index in [0.29, 0.717) is 5.41 Å². The summed E-state index contributed by atoms with van der Waals surface area (Å²) in [5.74, 6) is 0.783. The van der Waals surface area contributed by atoms with Gasteiger partial charge in [-0.1, -0.05) is 25.7 Å². The van der Waals surface area contributed by atoms with E-state index in [1.54, 1.807) is 7.11 Å². The average molecular weight is 255 g/mol. The minimum Gasteiger partial charge on any atom is -0.392 e. The molecule has 2 N–H and O–H groups in total. The third-order valence-corrected chi connectivity index (χ3v) is 4.75. The lowest BCUT2D eigenvalue weighted by Crippen LogP contribution is -2.33. The van der Waals surface area contributed by atoms with Crippen molar-refractivity contribution in [1.29, 1.82) is 0 Å². The van der Waals surface area contributed by atoms with Gasteiger partial charge >= 0.3 is 0 Å². The first-order chi connectivity index (χ1) is 8.74. The quantitative estimate of drug-likeness (QED) is 0.664. The van der Waals surface area contributed by atoms with Crippen molar-refractivity contribution in [3.05, 3.63) is 0 Å². The van der Waals surface area contributed by atoms with Gasteiger partial charge in [0.15, 0.2) is 0 Å². The second-order valence-corrected chi connectivity index (χ2v) is 6.41. The van der Waals surface area contributed by atoms with Crippen LogP contribution >= 0.6 is 0 Å². The van der Waals surface area contributed by atoms with Gasteiger partial charge in [-0.3, -0.25) is 0 Å². The highest BCUT2D eigenvalue weighted by atomic mass is 16.5. The summed E-state index contributed by atoms with van der Waals surface area (Å²) in [6, 6.07) is 0. The Bertz CT molecular complexity index is 235. The Hall–Kier alpha value is -0.120. The minimum atomic E-state index is -0.147. The summed E-state index contributed by atoms with van der Waals surface area (Å²) < 4.78 is 5.16. The highest BCUT2D eigenvalue weighted by Crippen LogP contribution is 2.48. The van der Waals surface area contributed by atoms with Crippen molar-refractivity contribution in [3.8, 4) is 0 Å². The Morgan fingerprint density at radius 1 is 1.33 bits per heavy atom. The van der Waals surface area contributed by atoms with Gasteiger partial charge in [-0.2, -0.15) is 0 Å². The number of hydrogen-bond donors (Lipinski definition) is 2. The number of hydrogen-bond acceptors (Lipinski definition) is 3. The van der Waals surface area contributed by atoms with Crippen molar-refractivity contribution >= 4 is 0 Å². The minimum absolute atomic E-state index is 0.147. The van der Waals surface area contributed by atoms with Crippen LogP contribution in [0.5, 0.6) is 0 Å². The molecule has 2 rings (SSSR count). The van der Waals surface area contributed by atoms with E-state index in [0.717, 1.165) is 38.5 Å². The number of methoxy groups -OCH3 is 1. The van der Waals surface area contributed by atoms with Crippen LogP contribution in [0, 0.1) is 11.3 Å². The van der Waals surface area contributed by atoms with Crippen LogP contribution in [0.25, 0.3) is 0 Å². The first-order valence-electron chi connectivity index (χ1n) is 7.62. The van der Waals surface area contributed by atoms with E-state index >= 15 is 0 Å². The van der Waals surface area contributed by atoms with Crippen molar-refractivity contribution in [2.45, 2.75) is 57.5 Å². The lowest BCUT2D eigenvalue weighted by Gasteiger charge is -2.19. The molecule has 0 aliphatic heterocycles. The van der Waals surface area contributed by atoms with E-state index in [-0.39, 0.29) is 6.10 Å². The average Bonchev–Trinajstić information content (AvgIpc) is 2.93. The molecular formula is C15H29NO2. The zero-order valence-corrected chi connectivity index (χ0v) is 11.8. The van der Waals surface area contributed by atoms with Crippen LogP contribution in [0.3, 0.4) is 0 Å². The monoisotopic (exact) mass is 255 g/mol. The van der Waals surface area contributed by atoms with Crippen LogP contribution in [0.4, 0.5) is 0 Å². The van der Waals surface area contributed by atoms with Gasteiger partial charge in [0.1, 0.15) is 0 Å². The molecule has 1 unspecified atom stereocenters. The summed E-state index contributed by atoms with van der Waals surface area (Å²) in [4.78, 5) is 0. The van der Waals surface area contributed by atoms with E-state index in [4.69, 9.17) is 4.74 Å². The molecule has 0 aromatic carbocycles. The maximum absolute atomic E-state index is 10.0. The van der Waals surface area contributed by atoms with E-state index in [1.807, 2.05) is 0 Å². The third kappa shape index (κ3) is 4.52. The molecule has 3 nitrogen and oxygen atoms in total. The van der Waals surface area contributed by atoms with Gasteiger partial charge in [-0.25, -0.2) is 0 Å². The largest absolute Gasteiger partial charge is 0.392 e. The smallest absolute Gasteiger partial charge is 0.0667 e. The summed E-state index contributed by atoms with van der Waals surface area (Å²) in [5.41, 5.74) is 0.489. The summed E-state index contributed by atoms with van der Waals surface area (Å²) in [6.45, 7) is 2.69. The van der Waals surface area contributed by atoms with Crippen LogP contribution in [0.1, 0.15) is 51.4 Å². The van der Waals surface area contributed by atoms with E-state index in [1.165, 1.54) is 38.5 Å². The molecule has 0 heterocycles. The summed E-state index contributed by atoms with van der Waals surface area (Å²) in [6.07, 6.45) is 10.0. The number of aliphatic hydroxyl groups excluding tert-OH is 1. The SMILES string of the molecule is COCCC1(CNCC(O)CC2CCCC2)CC1. The molecule has 2 fully saturated rings. The van der Waals surface area contributed by atoms with E-state index in [2.05, 4.69) is 5.32 Å². The van der Waals surface area contributed by atoms with Gasteiger partial charge in [0.05, 0.1) is 6.10 Å². The summed E-state index contributed by atoms with van der Waals surface area (Å²) >= 11 is 0. The molecule has 18 heavy (non-hydrogen) atoms. The summed E-state index contributed by atoms with van der Waals surface area (Å²) in [7, 11) is 1.77. The fraction of sp³-hybridized carbons (Fsp3) is 1.00. The molecule has 0 spiro atoms. The summed E-state index contributed by atoms with van der Waals surface area (Å²) in [5, 5.41) is 13.5. The predicted molar refractivity (Wildman–Crippen MR) is 73.6 cm³/mol. The van der Waals surface area contributed by atoms with Crippen molar-refractivity contribution in [1.82, 2.24) is 5.32 Å². The second-order valence-electron chi connectivity index (χ2n) is 6.41. The van der Waals surface area contributed by atoms with Crippen LogP contribution in [-0.2, 0) is 4.74 Å². The van der Waals surface area contributed by atoms with Crippen LogP contribution in [0.2, 0.25) is 0 Å². The van der Waals surface area contributed by atoms with Crippen LogP contribution in [0.15, 0.2) is 0 Å². The Balaban J connectivity index is 1.54. The topological polar surface area (TPSA) is 41.5 Å². The van der Waals surface area contributed by atoms with Crippen molar-refractivity contribution in [2.24, 2.45) is 11.3 Å². The normalized spacial score (nSPS) is 24.3. The van der Waals surface area contributed by atoms with Gasteiger partial charge in [0.25, 0.3) is 0 Å². The van der Waals surface area contributed by atoms with E-state index in [9.17, 15) is 5.11 Å². The molecule has 1 atom stereocenters. The first kappa shape index (κ1) is 14.3. The van der Waals surface area contributed by atoms with Gasteiger partial charge in [-0.15, -0.1) is 0 Å². The first-order valence-corrected chi connectivity index (χ1v) is 7.62. The molecule has 2 aliphatic rings. The van der Waals surface area contributed by atoms with Crippen LogP contribution < -0.4 is 5.32 Å². The molecule has 0 amide bonds. The van der Waals surface area contributed by atoms with Crippen LogP contribution in [-0.4, -0.2) is 38.0 Å². The van der Waals surface area contributed by atoms with Crippen molar-refractivity contribution in [2.75, 3.05) is 26.8 Å². The Kier molecular flexibility index (Phi) is 5.46. The third-order valence-electron chi connectivity index (χ3n) is 4.75. The number of rotatable bonds is 9. The lowest BCUT2D eigenvalue weighted by molar-refractivity contribution is 0.135. The van der Waals surface area contributed by atoms with Crippen molar-refractivity contribution < 1.29 is 9.84 Å². The molecule has 0 bridgehead atoms. The highest BCUT2D eigenvalue weighted by molar-refractivity contribution is 4.94. The molecule has 0 radical (unpaired) electrons. The van der Waals surface area contributed by atoms with E-state index < -0.39 is 0 Å². The van der Waals surface area contributed by atoms with Gasteiger partial charge in [0.2, 0.25) is 0 Å². The standard InChI is InChI=1S/C15H29NO2/c1-18-9-8-15(6-7-15)12-16-11-14(17)10-13-4-2-3-5-13/h13-14,16-17H,2-12H2,1H3. The zero-order valence-electron chi connectivity index (χ0n) is 11.8. The van der Waals surface area contributed by atoms with Crippen molar-refractivity contribution in [3.63, 3.8) is 0 Å². The second kappa shape index (κ2) is 6.88. The maximum atomic E-state index is 10.0. The molecule has 2 aliphatic carbocycles. The molecular weight excluding hydrogens is 226 g/mol. The molecule has 3 heteroatoms. The van der Waals surface area contributed by atoms with Gasteiger partial charge < -0.3 is 15.2 Å². The zero-order chi connectivity index (χ0) is 12.8. The predicted octanol–water partition coefficient (Wildman–Crippen LogP) is 2.33. The molecule has 0 saturated heterocycles. The highest BCUT2D eigenvalue weighted by Gasteiger charge is 2.41. The number of aliphatic hydroxyl groups is 1. The molecule has 2 saturated carbocycles. The van der Waals surface area contributed by atoms with Gasteiger partial charge in [0, 0.05) is 26.8 Å². The van der Waals surface area contributed by atoms with Gasteiger partial charge in [-0.05, 0) is 37.0 Å². The maximum Gasteiger partial charge on any atom is 0.0667 e. The fourth-order valence-corrected chi connectivity index (χ4v) is 3.23. The Labute approximate surface area is 111 Å². The fourth-order valence-electron chi connectivity index (χ4n) is 3.23. The molecule has 0 aromatic heterocycles. The Morgan fingerprint density at radius 3 is 2.67 bits per heavy atom. The molecule has 106 valence electrons. The number of ether oxygens (including phenoxy) is 1.